The minimum Gasteiger partial charge on any atom is -0.478 e. The van der Waals surface area contributed by atoms with Gasteiger partial charge in [0.2, 0.25) is 0 Å². The molecule has 0 aromatic heterocycles. The van der Waals surface area contributed by atoms with Crippen molar-refractivity contribution in [3.63, 3.8) is 0 Å². The fourth-order valence-corrected chi connectivity index (χ4v) is 2.39. The van der Waals surface area contributed by atoms with Crippen LogP contribution in [0.1, 0.15) is 34.8 Å². The number of hydrogen-bond donors (Lipinski definition) is 2. The zero-order valence-corrected chi connectivity index (χ0v) is 10.2. The Kier molecular flexibility index (Phi) is 3.29. The number of benzene rings is 1. The first-order valence-corrected chi connectivity index (χ1v) is 5.83. The molecule has 0 heterocycles. The number of allylic oxidation sites excluding steroid dienone is 1. The Morgan fingerprint density at radius 3 is 2.88 bits per heavy atom. The van der Waals surface area contributed by atoms with Gasteiger partial charge in [-0.15, -0.1) is 0 Å². The van der Waals surface area contributed by atoms with Gasteiger partial charge in [-0.25, -0.2) is 4.79 Å². The first-order chi connectivity index (χ1) is 8.13. The average Bonchev–Trinajstić information content (AvgIpc) is 2.61. The van der Waals surface area contributed by atoms with Gasteiger partial charge in [-0.3, -0.25) is 0 Å². The second-order valence-electron chi connectivity index (χ2n) is 4.47. The Balaban J connectivity index is 2.31. The fraction of sp³-hybridized carbons (Fsp3) is 0.357. The van der Waals surface area contributed by atoms with Crippen molar-refractivity contribution in [2.45, 2.75) is 19.8 Å². The molecule has 17 heavy (non-hydrogen) atoms. The molecule has 0 fully saturated rings. The van der Waals surface area contributed by atoms with Crippen molar-refractivity contribution in [1.82, 2.24) is 5.32 Å². The Morgan fingerprint density at radius 1 is 1.47 bits per heavy atom. The van der Waals surface area contributed by atoms with E-state index in [9.17, 15) is 4.79 Å². The summed E-state index contributed by atoms with van der Waals surface area (Å²) in [5, 5.41) is 12.1. The Morgan fingerprint density at radius 2 is 2.24 bits per heavy atom. The maximum Gasteiger partial charge on any atom is 0.335 e. The van der Waals surface area contributed by atoms with Crippen molar-refractivity contribution < 1.29 is 9.90 Å². The molecule has 2 N–H and O–H groups in total. The van der Waals surface area contributed by atoms with Gasteiger partial charge in [0.05, 0.1) is 5.56 Å². The zero-order chi connectivity index (χ0) is 12.4. The van der Waals surface area contributed by atoms with Crippen LogP contribution in [-0.4, -0.2) is 24.7 Å². The molecule has 0 aliphatic heterocycles. The van der Waals surface area contributed by atoms with Gasteiger partial charge < -0.3 is 10.4 Å². The van der Waals surface area contributed by atoms with Crippen LogP contribution in [0.2, 0.25) is 0 Å². The molecule has 0 atom stereocenters. The molecule has 0 unspecified atom stereocenters. The molecule has 0 saturated carbocycles. The third kappa shape index (κ3) is 2.24. The first-order valence-electron chi connectivity index (χ1n) is 5.83. The van der Waals surface area contributed by atoms with Crippen molar-refractivity contribution in [3.8, 4) is 0 Å². The van der Waals surface area contributed by atoms with Crippen LogP contribution >= 0.6 is 0 Å². The van der Waals surface area contributed by atoms with E-state index in [0.29, 0.717) is 5.56 Å². The van der Waals surface area contributed by atoms with Crippen molar-refractivity contribution in [2.24, 2.45) is 0 Å². The van der Waals surface area contributed by atoms with Gasteiger partial charge in [-0.05, 0) is 62.2 Å². The van der Waals surface area contributed by atoms with E-state index in [2.05, 4.69) is 12.2 Å². The lowest BCUT2D eigenvalue weighted by Gasteiger charge is -2.07. The third-order valence-electron chi connectivity index (χ3n) is 3.27. The maximum absolute atomic E-state index is 10.9. The highest BCUT2D eigenvalue weighted by molar-refractivity contribution is 5.89. The Hall–Kier alpha value is -1.61. The summed E-state index contributed by atoms with van der Waals surface area (Å²) in [6.45, 7) is 3.08. The van der Waals surface area contributed by atoms with Crippen LogP contribution in [0.4, 0.5) is 0 Å². The number of hydrogen-bond acceptors (Lipinski definition) is 2. The highest BCUT2D eigenvalue weighted by Gasteiger charge is 2.19. The molecule has 1 aliphatic carbocycles. The quantitative estimate of drug-likeness (QED) is 0.836. The number of carboxylic acid groups (broad SMARTS) is 1. The van der Waals surface area contributed by atoms with Crippen molar-refractivity contribution in [2.75, 3.05) is 13.6 Å². The minimum atomic E-state index is -0.853. The molecule has 3 nitrogen and oxygen atoms in total. The van der Waals surface area contributed by atoms with Gasteiger partial charge in [-0.1, -0.05) is 11.6 Å². The number of carbonyl (C=O) groups is 1. The topological polar surface area (TPSA) is 49.3 Å². The lowest BCUT2D eigenvalue weighted by atomic mass is 10.0. The summed E-state index contributed by atoms with van der Waals surface area (Å²) >= 11 is 0. The van der Waals surface area contributed by atoms with Crippen molar-refractivity contribution >= 4 is 11.5 Å². The second-order valence-corrected chi connectivity index (χ2v) is 4.47. The molecular weight excluding hydrogens is 214 g/mol. The van der Waals surface area contributed by atoms with Crippen LogP contribution in [0.5, 0.6) is 0 Å². The van der Waals surface area contributed by atoms with Crippen LogP contribution in [0, 0.1) is 0 Å². The first kappa shape index (κ1) is 11.9. The summed E-state index contributed by atoms with van der Waals surface area (Å²) in [6.07, 6.45) is 1.89. The summed E-state index contributed by atoms with van der Waals surface area (Å²) in [5.41, 5.74) is 5.48. The number of aromatic carboxylic acids is 1. The second kappa shape index (κ2) is 4.72. The Labute approximate surface area is 101 Å². The van der Waals surface area contributed by atoms with Crippen molar-refractivity contribution in [1.29, 1.82) is 0 Å². The largest absolute Gasteiger partial charge is 0.478 e. The van der Waals surface area contributed by atoms with E-state index in [1.54, 1.807) is 12.1 Å². The number of carboxylic acids is 1. The summed E-state index contributed by atoms with van der Waals surface area (Å²) in [5.74, 6) is -0.853. The van der Waals surface area contributed by atoms with E-state index >= 15 is 0 Å². The predicted molar refractivity (Wildman–Crippen MR) is 68.2 cm³/mol. The van der Waals surface area contributed by atoms with E-state index in [-0.39, 0.29) is 0 Å². The molecule has 0 amide bonds. The van der Waals surface area contributed by atoms with E-state index in [1.807, 2.05) is 13.1 Å². The van der Waals surface area contributed by atoms with Gasteiger partial charge in [0.1, 0.15) is 0 Å². The van der Waals surface area contributed by atoms with E-state index in [0.717, 1.165) is 24.9 Å². The van der Waals surface area contributed by atoms with Crippen molar-refractivity contribution in [3.05, 3.63) is 40.5 Å². The predicted octanol–water partition coefficient (Wildman–Crippen LogP) is 2.32. The SMILES string of the molecule is CNCCC1=C(C)Cc2cc(C(=O)O)ccc21. The van der Waals surface area contributed by atoms with Gasteiger partial charge in [0, 0.05) is 0 Å². The smallest absolute Gasteiger partial charge is 0.335 e. The van der Waals surface area contributed by atoms with Crippen LogP contribution in [0.25, 0.3) is 5.57 Å². The molecule has 0 saturated heterocycles. The van der Waals surface area contributed by atoms with E-state index < -0.39 is 5.97 Å². The molecule has 1 aliphatic rings. The summed E-state index contributed by atoms with van der Waals surface area (Å²) in [6, 6.07) is 5.44. The number of rotatable bonds is 4. The van der Waals surface area contributed by atoms with E-state index in [4.69, 9.17) is 5.11 Å². The minimum absolute atomic E-state index is 0.381. The molecule has 90 valence electrons. The molecule has 0 radical (unpaired) electrons. The molecule has 2 rings (SSSR count). The lowest BCUT2D eigenvalue weighted by Crippen LogP contribution is -2.08. The molecule has 1 aromatic carbocycles. The highest BCUT2D eigenvalue weighted by atomic mass is 16.4. The maximum atomic E-state index is 10.9. The molecule has 3 heteroatoms. The summed E-state index contributed by atoms with van der Waals surface area (Å²) < 4.78 is 0. The van der Waals surface area contributed by atoms with Gasteiger partial charge in [0.15, 0.2) is 0 Å². The summed E-state index contributed by atoms with van der Waals surface area (Å²) in [7, 11) is 1.94. The molecule has 0 bridgehead atoms. The lowest BCUT2D eigenvalue weighted by molar-refractivity contribution is 0.0697. The van der Waals surface area contributed by atoms with Gasteiger partial charge >= 0.3 is 5.97 Å². The standard InChI is InChI=1S/C14H17NO2/c1-9-7-11-8-10(14(16)17)3-4-13(11)12(9)5-6-15-2/h3-4,8,15H,5-7H2,1-2H3,(H,16,17). The monoisotopic (exact) mass is 231 g/mol. The Bertz CT molecular complexity index is 489. The normalized spacial score (nSPS) is 14.0. The average molecular weight is 231 g/mol. The fourth-order valence-electron chi connectivity index (χ4n) is 2.39. The number of fused-ring (bicyclic) bond motifs is 1. The van der Waals surface area contributed by atoms with Crippen LogP contribution in [0.3, 0.4) is 0 Å². The molecule has 1 aromatic rings. The van der Waals surface area contributed by atoms with Gasteiger partial charge in [-0.2, -0.15) is 0 Å². The molecule has 0 spiro atoms. The summed E-state index contributed by atoms with van der Waals surface area (Å²) in [4.78, 5) is 10.9. The number of nitrogens with one attached hydrogen (secondary N) is 1. The third-order valence-corrected chi connectivity index (χ3v) is 3.27. The zero-order valence-electron chi connectivity index (χ0n) is 10.2. The van der Waals surface area contributed by atoms with Gasteiger partial charge in [0.25, 0.3) is 0 Å². The van der Waals surface area contributed by atoms with Crippen LogP contribution in [0.15, 0.2) is 23.8 Å². The molecular formula is C14H17NO2. The van der Waals surface area contributed by atoms with E-state index in [1.165, 1.54) is 16.7 Å². The van der Waals surface area contributed by atoms with Crippen LogP contribution < -0.4 is 5.32 Å². The highest BCUT2D eigenvalue weighted by Crippen LogP contribution is 2.35. The van der Waals surface area contributed by atoms with Crippen LogP contribution in [-0.2, 0) is 6.42 Å².